The Morgan fingerprint density at radius 3 is 3.00 bits per heavy atom. The molecule has 0 unspecified atom stereocenters. The molecule has 96 valence electrons. The van der Waals surface area contributed by atoms with Crippen LogP contribution in [0.15, 0.2) is 47.1 Å². The fraction of sp³-hybridized carbons (Fsp3) is 0.143. The molecule has 0 saturated heterocycles. The zero-order valence-corrected chi connectivity index (χ0v) is 12.0. The minimum Gasteiger partial charge on any atom is -0.497 e. The van der Waals surface area contributed by atoms with Gasteiger partial charge in [0.25, 0.3) is 0 Å². The van der Waals surface area contributed by atoms with Gasteiger partial charge in [0.1, 0.15) is 5.75 Å². The number of hydrogen-bond donors (Lipinski definition) is 0. The number of hydrogen-bond acceptors (Lipinski definition) is 3. The first-order valence-corrected chi connectivity index (χ1v) is 6.67. The molecule has 3 rings (SSSR count). The molecule has 0 bridgehead atoms. The molecule has 0 aliphatic carbocycles. The molecule has 0 amide bonds. The molecule has 3 aromatic rings. The number of methoxy groups -OCH3 is 1. The Hall–Kier alpha value is -1.88. The molecule has 0 aliphatic heterocycles. The van der Waals surface area contributed by atoms with Crippen molar-refractivity contribution in [1.82, 2.24) is 14.6 Å². The standard InChI is InChI=1S/C14H12BrN3O/c1-19-12-4-2-3-10(7-12)8-13-16-14-6-5-11(15)9-18(14)17-13/h2-7,9H,8H2,1H3. The summed E-state index contributed by atoms with van der Waals surface area (Å²) in [6.45, 7) is 0. The lowest BCUT2D eigenvalue weighted by Crippen LogP contribution is -1.93. The van der Waals surface area contributed by atoms with Crippen LogP contribution in [0.1, 0.15) is 11.4 Å². The maximum atomic E-state index is 5.21. The summed E-state index contributed by atoms with van der Waals surface area (Å²) in [5.41, 5.74) is 1.98. The Kier molecular flexibility index (Phi) is 3.21. The summed E-state index contributed by atoms with van der Waals surface area (Å²) in [5, 5.41) is 4.46. The van der Waals surface area contributed by atoms with E-state index in [4.69, 9.17) is 4.74 Å². The van der Waals surface area contributed by atoms with Crippen molar-refractivity contribution in [3.05, 3.63) is 58.5 Å². The van der Waals surface area contributed by atoms with E-state index in [1.807, 2.05) is 42.6 Å². The van der Waals surface area contributed by atoms with E-state index in [0.717, 1.165) is 27.3 Å². The summed E-state index contributed by atoms with van der Waals surface area (Å²) in [5.74, 6) is 1.65. The molecule has 0 saturated carbocycles. The van der Waals surface area contributed by atoms with Gasteiger partial charge in [-0.3, -0.25) is 0 Å². The van der Waals surface area contributed by atoms with Gasteiger partial charge >= 0.3 is 0 Å². The summed E-state index contributed by atoms with van der Waals surface area (Å²) < 4.78 is 7.98. The SMILES string of the molecule is COc1cccc(Cc2nc3ccc(Br)cn3n2)c1. The number of rotatable bonds is 3. The topological polar surface area (TPSA) is 39.4 Å². The number of benzene rings is 1. The predicted octanol–water partition coefficient (Wildman–Crippen LogP) is 3.09. The normalized spacial score (nSPS) is 10.8. The fourth-order valence-electron chi connectivity index (χ4n) is 1.94. The molecule has 0 fully saturated rings. The average molecular weight is 318 g/mol. The zero-order chi connectivity index (χ0) is 13.2. The molecule has 0 radical (unpaired) electrons. The van der Waals surface area contributed by atoms with Crippen molar-refractivity contribution in [3.63, 3.8) is 0 Å². The maximum absolute atomic E-state index is 5.21. The second kappa shape index (κ2) is 5.01. The van der Waals surface area contributed by atoms with Gasteiger partial charge in [-0.05, 0) is 45.8 Å². The van der Waals surface area contributed by atoms with Crippen molar-refractivity contribution in [3.8, 4) is 5.75 Å². The van der Waals surface area contributed by atoms with Gasteiger partial charge in [-0.1, -0.05) is 12.1 Å². The van der Waals surface area contributed by atoms with Crippen molar-refractivity contribution in [2.75, 3.05) is 7.11 Å². The molecule has 2 heterocycles. The van der Waals surface area contributed by atoms with Gasteiger partial charge in [0.15, 0.2) is 11.5 Å². The van der Waals surface area contributed by atoms with E-state index in [1.165, 1.54) is 0 Å². The van der Waals surface area contributed by atoms with Crippen molar-refractivity contribution in [1.29, 1.82) is 0 Å². The number of halogens is 1. The van der Waals surface area contributed by atoms with E-state index in [2.05, 4.69) is 26.0 Å². The first-order valence-electron chi connectivity index (χ1n) is 5.88. The lowest BCUT2D eigenvalue weighted by atomic mass is 10.1. The van der Waals surface area contributed by atoms with Gasteiger partial charge < -0.3 is 4.74 Å². The van der Waals surface area contributed by atoms with E-state index in [1.54, 1.807) is 11.6 Å². The van der Waals surface area contributed by atoms with Gasteiger partial charge in [0, 0.05) is 17.1 Å². The Balaban J connectivity index is 1.92. The Labute approximate surface area is 119 Å². The maximum Gasteiger partial charge on any atom is 0.156 e. The van der Waals surface area contributed by atoms with E-state index >= 15 is 0 Å². The molecule has 0 N–H and O–H groups in total. The summed E-state index contributed by atoms with van der Waals surface area (Å²) in [7, 11) is 1.67. The van der Waals surface area contributed by atoms with Crippen LogP contribution in [0.5, 0.6) is 5.75 Å². The van der Waals surface area contributed by atoms with Gasteiger partial charge in [-0.25, -0.2) is 9.50 Å². The van der Waals surface area contributed by atoms with Gasteiger partial charge in [0.2, 0.25) is 0 Å². The van der Waals surface area contributed by atoms with E-state index < -0.39 is 0 Å². The highest BCUT2D eigenvalue weighted by Crippen LogP contribution is 2.16. The lowest BCUT2D eigenvalue weighted by Gasteiger charge is -2.01. The highest BCUT2D eigenvalue weighted by molar-refractivity contribution is 9.10. The average Bonchev–Trinajstić information content (AvgIpc) is 2.80. The second-order valence-corrected chi connectivity index (χ2v) is 5.12. The van der Waals surface area contributed by atoms with E-state index in [0.29, 0.717) is 6.42 Å². The Bertz CT molecular complexity index is 724. The number of pyridine rings is 1. The third-order valence-electron chi connectivity index (χ3n) is 2.84. The summed E-state index contributed by atoms with van der Waals surface area (Å²) in [4.78, 5) is 4.49. The third-order valence-corrected chi connectivity index (χ3v) is 3.30. The minimum atomic E-state index is 0.691. The predicted molar refractivity (Wildman–Crippen MR) is 76.5 cm³/mol. The van der Waals surface area contributed by atoms with Crippen molar-refractivity contribution in [2.45, 2.75) is 6.42 Å². The van der Waals surface area contributed by atoms with Crippen LogP contribution in [0.3, 0.4) is 0 Å². The van der Waals surface area contributed by atoms with Crippen LogP contribution in [0, 0.1) is 0 Å². The number of ether oxygens (including phenoxy) is 1. The Morgan fingerprint density at radius 1 is 1.26 bits per heavy atom. The molecule has 0 spiro atoms. The number of nitrogens with zero attached hydrogens (tertiary/aromatic N) is 3. The van der Waals surface area contributed by atoms with Gasteiger partial charge in [-0.2, -0.15) is 5.10 Å². The van der Waals surface area contributed by atoms with Gasteiger partial charge in [0.05, 0.1) is 7.11 Å². The molecular formula is C14H12BrN3O. The van der Waals surface area contributed by atoms with Crippen LogP contribution in [0.2, 0.25) is 0 Å². The van der Waals surface area contributed by atoms with Crippen molar-refractivity contribution < 1.29 is 4.74 Å². The molecular weight excluding hydrogens is 306 g/mol. The summed E-state index contributed by atoms with van der Waals surface area (Å²) >= 11 is 3.42. The quantitative estimate of drug-likeness (QED) is 0.745. The van der Waals surface area contributed by atoms with Crippen LogP contribution in [0.4, 0.5) is 0 Å². The molecule has 5 heteroatoms. The van der Waals surface area contributed by atoms with E-state index in [-0.39, 0.29) is 0 Å². The number of fused-ring (bicyclic) bond motifs is 1. The smallest absolute Gasteiger partial charge is 0.156 e. The third kappa shape index (κ3) is 2.61. The monoisotopic (exact) mass is 317 g/mol. The first-order chi connectivity index (χ1) is 9.24. The minimum absolute atomic E-state index is 0.691. The first kappa shape index (κ1) is 12.2. The van der Waals surface area contributed by atoms with Crippen LogP contribution >= 0.6 is 15.9 Å². The number of aromatic nitrogens is 3. The van der Waals surface area contributed by atoms with Crippen molar-refractivity contribution >= 4 is 21.6 Å². The van der Waals surface area contributed by atoms with Gasteiger partial charge in [-0.15, -0.1) is 0 Å². The highest BCUT2D eigenvalue weighted by Gasteiger charge is 2.05. The second-order valence-electron chi connectivity index (χ2n) is 4.21. The Morgan fingerprint density at radius 2 is 2.16 bits per heavy atom. The highest BCUT2D eigenvalue weighted by atomic mass is 79.9. The molecule has 19 heavy (non-hydrogen) atoms. The van der Waals surface area contributed by atoms with E-state index in [9.17, 15) is 0 Å². The molecule has 0 atom stereocenters. The van der Waals surface area contributed by atoms with Crippen LogP contribution < -0.4 is 4.74 Å². The largest absolute Gasteiger partial charge is 0.497 e. The lowest BCUT2D eigenvalue weighted by molar-refractivity contribution is 0.414. The molecule has 4 nitrogen and oxygen atoms in total. The van der Waals surface area contributed by atoms with Crippen LogP contribution in [-0.2, 0) is 6.42 Å². The van der Waals surface area contributed by atoms with Crippen molar-refractivity contribution in [2.24, 2.45) is 0 Å². The molecule has 2 aromatic heterocycles. The molecule has 1 aromatic carbocycles. The molecule has 0 aliphatic rings. The summed E-state index contributed by atoms with van der Waals surface area (Å²) in [6, 6.07) is 11.8. The fourth-order valence-corrected chi connectivity index (χ4v) is 2.27. The summed E-state index contributed by atoms with van der Waals surface area (Å²) in [6.07, 6.45) is 2.59. The van der Waals surface area contributed by atoms with Crippen LogP contribution in [-0.4, -0.2) is 21.7 Å². The zero-order valence-electron chi connectivity index (χ0n) is 10.4. The van der Waals surface area contributed by atoms with Crippen LogP contribution in [0.25, 0.3) is 5.65 Å².